The zero-order chi connectivity index (χ0) is 8.48. The van der Waals surface area contributed by atoms with E-state index in [1.54, 1.807) is 0 Å². The summed E-state index contributed by atoms with van der Waals surface area (Å²) in [5.74, 6) is 0. The van der Waals surface area contributed by atoms with Gasteiger partial charge in [-0.15, -0.1) is 0 Å². The van der Waals surface area contributed by atoms with Crippen molar-refractivity contribution in [2.24, 2.45) is 0 Å². The van der Waals surface area contributed by atoms with E-state index in [4.69, 9.17) is 0 Å². The second kappa shape index (κ2) is 3.10. The first-order valence-corrected chi connectivity index (χ1v) is 4.60. The fraction of sp³-hybridized carbons (Fsp3) is 0.143. The van der Waals surface area contributed by atoms with Crippen LogP contribution in [-0.4, -0.2) is 24.7 Å². The Kier molecular flexibility index (Phi) is 2.53. The van der Waals surface area contributed by atoms with Gasteiger partial charge in [-0.3, -0.25) is 0 Å². The number of rotatable bonds is 0. The number of halogens is 3. The van der Waals surface area contributed by atoms with E-state index < -0.39 is 11.7 Å². The SMILES string of the molecule is FC(F)(F)c1cc[c]([Bi])cc1. The Balaban J connectivity index is 2.99. The molecule has 4 heteroatoms. The minimum atomic E-state index is -4.20. The van der Waals surface area contributed by atoms with E-state index in [2.05, 4.69) is 0 Å². The fourth-order valence-electron chi connectivity index (χ4n) is 0.650. The van der Waals surface area contributed by atoms with E-state index in [1.807, 2.05) is 0 Å². The van der Waals surface area contributed by atoms with Gasteiger partial charge in [-0.2, -0.15) is 0 Å². The van der Waals surface area contributed by atoms with Crippen LogP contribution in [0.4, 0.5) is 13.2 Å². The third kappa shape index (κ3) is 2.44. The van der Waals surface area contributed by atoms with Crippen LogP contribution in [0.3, 0.4) is 0 Å². The summed E-state index contributed by atoms with van der Waals surface area (Å²) >= 11 is 0.983. The van der Waals surface area contributed by atoms with Gasteiger partial charge in [0.1, 0.15) is 0 Å². The molecule has 0 aromatic heterocycles. The molecule has 2 radical (unpaired) electrons. The fourth-order valence-corrected chi connectivity index (χ4v) is 1.23. The Bertz CT molecular complexity index is 237. The molecule has 0 aliphatic rings. The Morgan fingerprint density at radius 3 is 1.82 bits per heavy atom. The molecule has 0 aliphatic carbocycles. The molecule has 58 valence electrons. The second-order valence-corrected chi connectivity index (χ2v) is 4.05. The first kappa shape index (κ1) is 8.98. The third-order valence-electron chi connectivity index (χ3n) is 1.19. The summed E-state index contributed by atoms with van der Waals surface area (Å²) in [5, 5.41) is 0. The first-order valence-electron chi connectivity index (χ1n) is 2.86. The molecule has 0 nitrogen and oxygen atoms in total. The van der Waals surface area contributed by atoms with Gasteiger partial charge in [0.25, 0.3) is 0 Å². The van der Waals surface area contributed by atoms with Gasteiger partial charge < -0.3 is 0 Å². The molecule has 0 saturated carbocycles. The zero-order valence-corrected chi connectivity index (χ0v) is 8.87. The molecule has 1 aromatic rings. The third-order valence-corrected chi connectivity index (χ3v) is 2.35. The van der Waals surface area contributed by atoms with Crippen LogP contribution in [0.2, 0.25) is 0 Å². The van der Waals surface area contributed by atoms with Crippen molar-refractivity contribution < 1.29 is 13.2 Å². The molecule has 0 heterocycles. The second-order valence-electron chi connectivity index (χ2n) is 2.04. The van der Waals surface area contributed by atoms with Crippen molar-refractivity contribution in [3.05, 3.63) is 29.8 Å². The van der Waals surface area contributed by atoms with E-state index in [9.17, 15) is 13.2 Å². The average molecular weight is 354 g/mol. The van der Waals surface area contributed by atoms with Crippen LogP contribution in [0.25, 0.3) is 0 Å². The summed E-state index contributed by atoms with van der Waals surface area (Å²) in [6.45, 7) is 0. The standard InChI is InChI=1S/C7H4F3.Bi/c8-7(9,10)6-4-2-1-3-5-6;/h2-5H;. The van der Waals surface area contributed by atoms with E-state index in [1.165, 1.54) is 12.1 Å². The van der Waals surface area contributed by atoms with Crippen LogP contribution in [0.15, 0.2) is 24.3 Å². The predicted molar refractivity (Wildman–Crippen MR) is 36.8 cm³/mol. The average Bonchev–Trinajstić information content (AvgIpc) is 1.86. The van der Waals surface area contributed by atoms with Gasteiger partial charge in [-0.1, -0.05) is 0 Å². The van der Waals surface area contributed by atoms with E-state index in [-0.39, 0.29) is 0 Å². The first-order chi connectivity index (χ1) is 5.00. The number of hydrogen-bond acceptors (Lipinski definition) is 0. The van der Waals surface area contributed by atoms with Gasteiger partial charge in [0.15, 0.2) is 0 Å². The summed E-state index contributed by atoms with van der Waals surface area (Å²) in [4.78, 5) is 0. The normalized spacial score (nSPS) is 11.6. The number of benzene rings is 1. The van der Waals surface area contributed by atoms with Crippen molar-refractivity contribution in [2.45, 2.75) is 6.18 Å². The molecule has 0 unspecified atom stereocenters. The van der Waals surface area contributed by atoms with Gasteiger partial charge in [0.05, 0.1) is 0 Å². The van der Waals surface area contributed by atoms with Crippen molar-refractivity contribution in [2.75, 3.05) is 0 Å². The van der Waals surface area contributed by atoms with E-state index >= 15 is 0 Å². The molecule has 0 saturated heterocycles. The van der Waals surface area contributed by atoms with Gasteiger partial charge in [-0.05, 0) is 0 Å². The monoisotopic (exact) mass is 354 g/mol. The van der Waals surface area contributed by atoms with Crippen LogP contribution >= 0.6 is 0 Å². The predicted octanol–water partition coefficient (Wildman–Crippen LogP) is 1.50. The Hall–Kier alpha value is -0.107. The summed E-state index contributed by atoms with van der Waals surface area (Å²) in [6, 6.07) is 5.21. The molecule has 0 N–H and O–H groups in total. The van der Waals surface area contributed by atoms with Gasteiger partial charge in [-0.25, -0.2) is 0 Å². The molecule has 0 fully saturated rings. The summed E-state index contributed by atoms with van der Waals surface area (Å²) in [5.41, 5.74) is -0.577. The summed E-state index contributed by atoms with van der Waals surface area (Å²) in [6.07, 6.45) is -4.20. The number of hydrogen-bond donors (Lipinski definition) is 0. The topological polar surface area (TPSA) is 0 Å². The quantitative estimate of drug-likeness (QED) is 0.620. The molecular formula is C7H4BiF3. The molecule has 0 amide bonds. The van der Waals surface area contributed by atoms with Crippen LogP contribution in [0.5, 0.6) is 0 Å². The molecule has 11 heavy (non-hydrogen) atoms. The molecule has 0 bridgehead atoms. The minimum absolute atomic E-state index is 0.577. The van der Waals surface area contributed by atoms with Crippen molar-refractivity contribution in [1.82, 2.24) is 0 Å². The molecule has 1 rings (SSSR count). The Morgan fingerprint density at radius 1 is 1.00 bits per heavy atom. The van der Waals surface area contributed by atoms with Crippen molar-refractivity contribution in [3.63, 3.8) is 0 Å². The van der Waals surface area contributed by atoms with Gasteiger partial charge in [0, 0.05) is 0 Å². The number of alkyl halides is 3. The van der Waals surface area contributed by atoms with Crippen molar-refractivity contribution in [3.8, 4) is 0 Å². The molecule has 0 aliphatic heterocycles. The summed E-state index contributed by atoms with van der Waals surface area (Å²) in [7, 11) is 0. The maximum atomic E-state index is 11.9. The molecule has 1 aromatic carbocycles. The zero-order valence-electron chi connectivity index (χ0n) is 5.39. The van der Waals surface area contributed by atoms with Crippen LogP contribution < -0.4 is 3.27 Å². The van der Waals surface area contributed by atoms with E-state index in [0.29, 0.717) is 0 Å². The van der Waals surface area contributed by atoms with Crippen LogP contribution in [-0.2, 0) is 6.18 Å². The van der Waals surface area contributed by atoms with Crippen molar-refractivity contribution >= 4 is 28.0 Å². The van der Waals surface area contributed by atoms with Crippen molar-refractivity contribution in [1.29, 1.82) is 0 Å². The summed E-state index contributed by atoms with van der Waals surface area (Å²) < 4.78 is 36.7. The molecule has 0 spiro atoms. The van der Waals surface area contributed by atoms with Crippen LogP contribution in [0.1, 0.15) is 5.56 Å². The van der Waals surface area contributed by atoms with Crippen LogP contribution in [0, 0.1) is 0 Å². The Morgan fingerprint density at radius 2 is 1.45 bits per heavy atom. The molecular weight excluding hydrogens is 350 g/mol. The molecule has 0 atom stereocenters. The van der Waals surface area contributed by atoms with E-state index in [0.717, 1.165) is 40.1 Å². The van der Waals surface area contributed by atoms with Gasteiger partial charge >= 0.3 is 77.2 Å². The van der Waals surface area contributed by atoms with Gasteiger partial charge in [0.2, 0.25) is 0 Å². The maximum absolute atomic E-state index is 11.9. The Labute approximate surface area is 77.3 Å².